The maximum absolute atomic E-state index is 12.4. The lowest BCUT2D eigenvalue weighted by Crippen LogP contribution is -2.51. The number of piperazine rings is 2. The summed E-state index contributed by atoms with van der Waals surface area (Å²) in [6.07, 6.45) is 5.56. The number of fused-ring (bicyclic) bond motifs is 2. The second kappa shape index (κ2) is 14.4. The lowest BCUT2D eigenvalue weighted by atomic mass is 10.1. The highest BCUT2D eigenvalue weighted by atomic mass is 35.5. The Balaban J connectivity index is 0.000000158. The van der Waals surface area contributed by atoms with E-state index < -0.39 is 0 Å². The second-order valence-electron chi connectivity index (χ2n) is 10.0. The Morgan fingerprint density at radius 3 is 2.05 bits per heavy atom. The number of anilines is 1. The van der Waals surface area contributed by atoms with Gasteiger partial charge in [0.25, 0.3) is 11.1 Å². The van der Waals surface area contributed by atoms with Crippen LogP contribution in [0.3, 0.4) is 0 Å². The van der Waals surface area contributed by atoms with E-state index in [9.17, 15) is 9.59 Å². The van der Waals surface area contributed by atoms with Crippen molar-refractivity contribution < 1.29 is 0 Å². The smallest absolute Gasteiger partial charge is 0.264 e. The molecule has 0 aromatic carbocycles. The van der Waals surface area contributed by atoms with Gasteiger partial charge in [-0.05, 0) is 48.7 Å². The molecule has 2 saturated heterocycles. The summed E-state index contributed by atoms with van der Waals surface area (Å²) < 4.78 is 2.91. The fraction of sp³-hybridized carbons (Fsp3) is 0.500. The molecule has 2 fully saturated rings. The van der Waals surface area contributed by atoms with Gasteiger partial charge in [-0.1, -0.05) is 13.8 Å². The minimum absolute atomic E-state index is 0.0373. The summed E-state index contributed by atoms with van der Waals surface area (Å²) in [6, 6.07) is 8.08. The monoisotopic (exact) mass is 582 g/mol. The molecule has 2 aliphatic heterocycles. The van der Waals surface area contributed by atoms with Gasteiger partial charge in [0, 0.05) is 77.8 Å². The lowest BCUT2D eigenvalue weighted by molar-refractivity contribution is 0.410. The Hall–Kier alpha value is -3.45. The Kier molecular flexibility index (Phi) is 10.7. The molecule has 2 aliphatic rings. The van der Waals surface area contributed by atoms with Crippen LogP contribution in [-0.2, 0) is 14.1 Å². The Bertz CT molecular complexity index is 1570. The predicted octanol–water partition coefficient (Wildman–Crippen LogP) is 1.46. The molecular weight excluding hydrogens is 544 g/mol. The van der Waals surface area contributed by atoms with E-state index in [1.165, 1.54) is 11.0 Å². The number of rotatable bonds is 3. The van der Waals surface area contributed by atoms with E-state index in [-0.39, 0.29) is 16.4 Å². The number of aromatic nitrogens is 6. The summed E-state index contributed by atoms with van der Waals surface area (Å²) in [5, 5.41) is 11.4. The van der Waals surface area contributed by atoms with Gasteiger partial charge in [0.1, 0.15) is 0 Å². The first-order chi connectivity index (χ1) is 19.8. The molecule has 0 aliphatic carbocycles. The molecule has 0 amide bonds. The molecule has 0 radical (unpaired) electrons. The summed E-state index contributed by atoms with van der Waals surface area (Å²) in [5.41, 5.74) is 0.695. The average molecular weight is 583 g/mol. The van der Waals surface area contributed by atoms with E-state index in [1.54, 1.807) is 55.3 Å². The van der Waals surface area contributed by atoms with Crippen molar-refractivity contribution in [3.05, 3.63) is 62.7 Å². The zero-order valence-electron chi connectivity index (χ0n) is 24.1. The average Bonchev–Trinajstić information content (AvgIpc) is 3.03. The second-order valence-corrected chi connectivity index (χ2v) is 10.4. The predicted molar refractivity (Wildman–Crippen MR) is 164 cm³/mol. The van der Waals surface area contributed by atoms with E-state index in [2.05, 4.69) is 54.6 Å². The van der Waals surface area contributed by atoms with Gasteiger partial charge < -0.3 is 20.9 Å². The van der Waals surface area contributed by atoms with Crippen molar-refractivity contribution in [1.82, 2.24) is 45.0 Å². The molecule has 0 unspecified atom stereocenters. The minimum atomic E-state index is -0.178. The third kappa shape index (κ3) is 7.45. The Morgan fingerprint density at radius 2 is 1.46 bits per heavy atom. The van der Waals surface area contributed by atoms with E-state index in [1.807, 2.05) is 0 Å². The van der Waals surface area contributed by atoms with Gasteiger partial charge in [0.2, 0.25) is 11.2 Å². The van der Waals surface area contributed by atoms with Gasteiger partial charge in [0.05, 0.1) is 10.8 Å². The number of hydrogen-bond acceptors (Lipinski definition) is 10. The van der Waals surface area contributed by atoms with Gasteiger partial charge >= 0.3 is 0 Å². The first-order valence-corrected chi connectivity index (χ1v) is 14.4. The highest BCUT2D eigenvalue weighted by molar-refractivity contribution is 6.28. The van der Waals surface area contributed by atoms with E-state index in [0.717, 1.165) is 51.7 Å². The molecule has 0 spiro atoms. The van der Waals surface area contributed by atoms with Crippen molar-refractivity contribution in [3.8, 4) is 0 Å². The number of nitrogens with one attached hydrogen (secondary N) is 3. The molecule has 4 aromatic rings. The zero-order chi connectivity index (χ0) is 29.4. The Morgan fingerprint density at radius 1 is 0.854 bits per heavy atom. The molecule has 2 atom stereocenters. The fourth-order valence-corrected chi connectivity index (χ4v) is 4.90. The number of hydrogen-bond donors (Lipinski definition) is 3. The number of nitrogens with zero attached hydrogens (tertiary/aromatic N) is 7. The molecular formula is C28H39ClN10O2. The zero-order valence-corrected chi connectivity index (χ0v) is 24.9. The van der Waals surface area contributed by atoms with Crippen molar-refractivity contribution in [2.45, 2.75) is 38.8 Å². The molecule has 13 heteroatoms. The van der Waals surface area contributed by atoms with Crippen LogP contribution in [0.2, 0.25) is 5.28 Å². The number of pyridine rings is 2. The highest BCUT2D eigenvalue weighted by Gasteiger charge is 2.22. The molecule has 6 heterocycles. The van der Waals surface area contributed by atoms with Crippen LogP contribution >= 0.6 is 11.6 Å². The molecule has 220 valence electrons. The molecule has 3 N–H and O–H groups in total. The van der Waals surface area contributed by atoms with Crippen molar-refractivity contribution >= 4 is 39.6 Å². The summed E-state index contributed by atoms with van der Waals surface area (Å²) in [6.45, 7) is 10.4. The van der Waals surface area contributed by atoms with Crippen LogP contribution in [0.15, 0.2) is 46.2 Å². The van der Waals surface area contributed by atoms with Crippen LogP contribution in [0.25, 0.3) is 22.1 Å². The van der Waals surface area contributed by atoms with Gasteiger partial charge in [-0.3, -0.25) is 18.7 Å². The maximum Gasteiger partial charge on any atom is 0.264 e. The van der Waals surface area contributed by atoms with Gasteiger partial charge in [0.15, 0.2) is 11.3 Å². The van der Waals surface area contributed by atoms with Crippen LogP contribution in [0.5, 0.6) is 0 Å². The summed E-state index contributed by atoms with van der Waals surface area (Å²) >= 11 is 5.70. The molecule has 0 bridgehead atoms. The first-order valence-electron chi connectivity index (χ1n) is 14.0. The topological polar surface area (TPSA) is 135 Å². The minimum Gasteiger partial charge on any atom is -0.339 e. The third-order valence-electron chi connectivity index (χ3n) is 7.27. The van der Waals surface area contributed by atoms with Crippen molar-refractivity contribution in [2.24, 2.45) is 14.1 Å². The summed E-state index contributed by atoms with van der Waals surface area (Å²) in [4.78, 5) is 42.8. The molecule has 12 nitrogen and oxygen atoms in total. The molecule has 4 aromatic heterocycles. The van der Waals surface area contributed by atoms with Crippen molar-refractivity contribution in [3.63, 3.8) is 0 Å². The maximum atomic E-state index is 12.4. The largest absolute Gasteiger partial charge is 0.339 e. The summed E-state index contributed by atoms with van der Waals surface area (Å²) in [7, 11) is 3.35. The third-order valence-corrected chi connectivity index (χ3v) is 7.61. The van der Waals surface area contributed by atoms with E-state index in [4.69, 9.17) is 11.6 Å². The van der Waals surface area contributed by atoms with E-state index >= 15 is 0 Å². The van der Waals surface area contributed by atoms with Gasteiger partial charge in [-0.2, -0.15) is 9.97 Å². The van der Waals surface area contributed by atoms with Gasteiger partial charge in [-0.15, -0.1) is 0 Å². The standard InChI is InChI=1S/C14H19N5O.C8H6ClN3O.C6H14N2/c1-3-10-9-19(8-7-15-10)14-17-12-11(5-4-6-16-12)13(20)18(14)2;1-12-7(13)5-3-2-4-10-6(5)11-8(12)9;1-2-6-5-7-3-4-8-6/h4-6,10,15H,3,7-9H2,1-2H3;2-4H,1H3;6-8H,2-5H2,1H3/t10-;;6-/m0.0/s1. The van der Waals surface area contributed by atoms with Crippen LogP contribution < -0.4 is 32.0 Å². The first kappa shape index (κ1) is 30.5. The lowest BCUT2D eigenvalue weighted by Gasteiger charge is -2.34. The van der Waals surface area contributed by atoms with Crippen LogP contribution in [0, 0.1) is 0 Å². The van der Waals surface area contributed by atoms with Crippen LogP contribution in [0.1, 0.15) is 26.7 Å². The van der Waals surface area contributed by atoms with Gasteiger partial charge in [-0.25, -0.2) is 9.97 Å². The molecule has 41 heavy (non-hydrogen) atoms. The Labute approximate surface area is 244 Å². The van der Waals surface area contributed by atoms with E-state index in [0.29, 0.717) is 34.1 Å². The van der Waals surface area contributed by atoms with Crippen LogP contribution in [0.4, 0.5) is 5.95 Å². The molecule has 0 saturated carbocycles. The van der Waals surface area contributed by atoms with Crippen molar-refractivity contribution in [2.75, 3.05) is 44.2 Å². The summed E-state index contributed by atoms with van der Waals surface area (Å²) in [5.74, 6) is 0.709. The quantitative estimate of drug-likeness (QED) is 0.305. The normalized spacial score (nSPS) is 18.8. The molecule has 6 rings (SSSR count). The van der Waals surface area contributed by atoms with Crippen LogP contribution in [-0.4, -0.2) is 80.4 Å². The highest BCUT2D eigenvalue weighted by Crippen LogP contribution is 2.15. The SMILES string of the molecule is CC[C@H]1CN(c2nc3ncccc3c(=O)n2C)CCN1.CC[C@H]1CNCCN1.Cn1c(Cl)nc2ncccc2c1=O. The fourth-order valence-electron chi connectivity index (χ4n) is 4.74. The number of halogens is 1. The van der Waals surface area contributed by atoms with Crippen molar-refractivity contribution in [1.29, 1.82) is 0 Å².